The van der Waals surface area contributed by atoms with Crippen molar-refractivity contribution in [3.63, 3.8) is 0 Å². The van der Waals surface area contributed by atoms with Crippen LogP contribution >= 0.6 is 0 Å². The number of carboxylic acids is 1. The number of nitrogens with one attached hydrogen (secondary N) is 2. The molecule has 0 saturated carbocycles. The number of H-pyrrole nitrogens is 1. The number of hydrogen-bond acceptors (Lipinski definition) is 5. The fourth-order valence-electron chi connectivity index (χ4n) is 2.69. The second-order valence-corrected chi connectivity index (χ2v) is 8.89. The van der Waals surface area contributed by atoms with Gasteiger partial charge in [0.1, 0.15) is 6.04 Å². The summed E-state index contributed by atoms with van der Waals surface area (Å²) in [5.74, 6) is -4.02. The van der Waals surface area contributed by atoms with Crippen molar-refractivity contribution in [1.29, 1.82) is 4.78 Å². The van der Waals surface area contributed by atoms with Gasteiger partial charge in [0.25, 0.3) is 0 Å². The molecule has 0 spiro atoms. The van der Waals surface area contributed by atoms with Gasteiger partial charge in [-0.25, -0.2) is 4.21 Å². The molecule has 2 aromatic rings. The van der Waals surface area contributed by atoms with Crippen LogP contribution in [0.15, 0.2) is 36.7 Å². The summed E-state index contributed by atoms with van der Waals surface area (Å²) in [5, 5.41) is 15.1. The lowest BCUT2D eigenvalue weighted by Gasteiger charge is -2.21. The van der Waals surface area contributed by atoms with Crippen LogP contribution in [-0.2, 0) is 14.5 Å². The fourth-order valence-corrected chi connectivity index (χ4v) is 4.14. The Labute approximate surface area is 160 Å². The molecule has 1 aromatic heterocycles. The summed E-state index contributed by atoms with van der Waals surface area (Å²) < 4.78 is 60.5. The minimum atomic E-state index is -4.57. The molecule has 5 N–H and O–H groups in total. The number of aliphatic carboxylic acids is 1. The summed E-state index contributed by atoms with van der Waals surface area (Å²) in [7, 11) is -3.37. The van der Waals surface area contributed by atoms with Crippen LogP contribution < -0.4 is 5.73 Å². The Hall–Kier alpha value is -2.40. The summed E-state index contributed by atoms with van der Waals surface area (Å²) in [6, 6.07) is 4.50. The van der Waals surface area contributed by atoms with E-state index in [0.717, 1.165) is 5.56 Å². The Bertz CT molecular complexity index is 881. The van der Waals surface area contributed by atoms with Gasteiger partial charge in [0.2, 0.25) is 0 Å². The lowest BCUT2D eigenvalue weighted by Crippen LogP contribution is -2.32. The number of rotatable bonds is 9. The highest BCUT2D eigenvalue weighted by Gasteiger charge is 2.40. The van der Waals surface area contributed by atoms with Crippen molar-refractivity contribution in [3.8, 4) is 11.1 Å². The van der Waals surface area contributed by atoms with Crippen LogP contribution in [0.3, 0.4) is 0 Å². The van der Waals surface area contributed by atoms with Crippen LogP contribution in [0.25, 0.3) is 11.1 Å². The van der Waals surface area contributed by atoms with Crippen LogP contribution in [0.5, 0.6) is 0 Å². The van der Waals surface area contributed by atoms with Gasteiger partial charge >= 0.3 is 12.1 Å². The highest BCUT2D eigenvalue weighted by molar-refractivity contribution is 7.92. The summed E-state index contributed by atoms with van der Waals surface area (Å²) in [6.07, 6.45) is -2.16. The van der Waals surface area contributed by atoms with Crippen LogP contribution in [0.2, 0.25) is 0 Å². The zero-order valence-electron chi connectivity index (χ0n) is 14.8. The minimum Gasteiger partial charge on any atom is -0.480 e. The van der Waals surface area contributed by atoms with Crippen LogP contribution in [0, 0.1) is 4.78 Å². The third-order valence-electron chi connectivity index (χ3n) is 4.35. The van der Waals surface area contributed by atoms with Crippen LogP contribution in [-0.4, -0.2) is 49.2 Å². The van der Waals surface area contributed by atoms with Gasteiger partial charge in [-0.1, -0.05) is 24.3 Å². The molecule has 0 radical (unpaired) electrons. The van der Waals surface area contributed by atoms with Crippen molar-refractivity contribution < 1.29 is 27.3 Å². The summed E-state index contributed by atoms with van der Waals surface area (Å²) >= 11 is 0. The molecule has 3 atom stereocenters. The van der Waals surface area contributed by atoms with Crippen molar-refractivity contribution >= 4 is 15.7 Å². The first-order chi connectivity index (χ1) is 13.0. The van der Waals surface area contributed by atoms with E-state index in [0.29, 0.717) is 5.56 Å². The number of benzene rings is 1. The molecule has 1 aromatic carbocycles. The van der Waals surface area contributed by atoms with E-state index in [1.165, 1.54) is 12.1 Å². The Balaban J connectivity index is 2.09. The summed E-state index contributed by atoms with van der Waals surface area (Å²) in [5.41, 5.74) is 6.75. The van der Waals surface area contributed by atoms with Crippen LogP contribution in [0.4, 0.5) is 13.2 Å². The number of nitrogens with two attached hydrogens (primary N) is 1. The van der Waals surface area contributed by atoms with Gasteiger partial charge in [0.05, 0.1) is 12.1 Å². The minimum absolute atomic E-state index is 0.0113. The number of carboxylic acid groups (broad SMARTS) is 1. The largest absolute Gasteiger partial charge is 0.480 e. The van der Waals surface area contributed by atoms with Gasteiger partial charge < -0.3 is 10.8 Å². The molecule has 2 rings (SSSR count). The monoisotopic (exact) mass is 418 g/mol. The van der Waals surface area contributed by atoms with E-state index in [1.54, 1.807) is 24.5 Å². The molecule has 28 heavy (non-hydrogen) atoms. The highest BCUT2D eigenvalue weighted by Crippen LogP contribution is 2.38. The second kappa shape index (κ2) is 8.74. The molecular weight excluding hydrogens is 397 g/mol. The third kappa shape index (κ3) is 6.06. The zero-order chi connectivity index (χ0) is 20.9. The SMILES string of the molecule is N=S(=O)(CCC(c1ccc(-c2cn[nH]c2)cc1)C(F)(F)F)CC[C@H](N)C(=O)O. The van der Waals surface area contributed by atoms with Crippen molar-refractivity contribution in [2.24, 2.45) is 5.73 Å². The molecule has 0 aliphatic carbocycles. The number of hydrogen-bond donors (Lipinski definition) is 4. The maximum Gasteiger partial charge on any atom is 0.395 e. The average Bonchev–Trinajstić information content (AvgIpc) is 3.13. The molecule has 0 saturated heterocycles. The number of aromatic amines is 1. The number of carbonyl (C=O) groups is 1. The van der Waals surface area contributed by atoms with E-state index in [-0.39, 0.29) is 17.7 Å². The maximum absolute atomic E-state index is 13.5. The highest BCUT2D eigenvalue weighted by atomic mass is 32.2. The van der Waals surface area contributed by atoms with Gasteiger partial charge in [-0.15, -0.1) is 0 Å². The first-order valence-electron chi connectivity index (χ1n) is 8.38. The zero-order valence-corrected chi connectivity index (χ0v) is 15.6. The van der Waals surface area contributed by atoms with E-state index in [2.05, 4.69) is 10.2 Å². The number of aromatic nitrogens is 2. The Kier molecular flexibility index (Phi) is 6.83. The van der Waals surface area contributed by atoms with Crippen molar-refractivity contribution in [3.05, 3.63) is 42.2 Å². The normalized spacial score (nSPS) is 16.3. The van der Waals surface area contributed by atoms with E-state index >= 15 is 0 Å². The van der Waals surface area contributed by atoms with Crippen molar-refractivity contribution in [2.75, 3.05) is 11.5 Å². The predicted molar refractivity (Wildman–Crippen MR) is 98.3 cm³/mol. The Morgan fingerprint density at radius 2 is 1.82 bits per heavy atom. The molecule has 0 fully saturated rings. The lowest BCUT2D eigenvalue weighted by atomic mass is 9.94. The lowest BCUT2D eigenvalue weighted by molar-refractivity contribution is -0.150. The number of nitrogens with zero attached hydrogens (tertiary/aromatic N) is 1. The average molecular weight is 418 g/mol. The van der Waals surface area contributed by atoms with Gasteiger partial charge in [0.15, 0.2) is 0 Å². The van der Waals surface area contributed by atoms with E-state index in [1.807, 2.05) is 0 Å². The standard InChI is InChI=1S/C17H21F3N4O3S/c18-17(19,20)14(5-7-28(22,27)8-6-15(21)16(25)26)12-3-1-11(2-4-12)13-9-23-24-10-13/h1-4,9-10,14-15,22H,5-8,21H2,(H,23,24)(H,25,26)/t14?,15-,28?/m0/s1. The Morgan fingerprint density at radius 1 is 1.21 bits per heavy atom. The van der Waals surface area contributed by atoms with Crippen molar-refractivity contribution in [1.82, 2.24) is 10.2 Å². The molecule has 0 aliphatic heterocycles. The molecule has 1 heterocycles. The fraction of sp³-hybridized carbons (Fsp3) is 0.412. The number of halogens is 3. The molecule has 0 aliphatic rings. The van der Waals surface area contributed by atoms with Gasteiger partial charge in [-0.3, -0.25) is 14.7 Å². The first-order valence-corrected chi connectivity index (χ1v) is 10.3. The Morgan fingerprint density at radius 3 is 2.32 bits per heavy atom. The van der Waals surface area contributed by atoms with Crippen LogP contribution in [0.1, 0.15) is 24.3 Å². The van der Waals surface area contributed by atoms with Gasteiger partial charge in [0, 0.05) is 33.0 Å². The van der Waals surface area contributed by atoms with E-state index in [9.17, 15) is 22.2 Å². The second-order valence-electron chi connectivity index (χ2n) is 6.45. The van der Waals surface area contributed by atoms with Crippen molar-refractivity contribution in [2.45, 2.75) is 31.0 Å². The molecule has 0 bridgehead atoms. The van der Waals surface area contributed by atoms with E-state index < -0.39 is 46.0 Å². The van der Waals surface area contributed by atoms with Gasteiger partial charge in [-0.2, -0.15) is 18.3 Å². The predicted octanol–water partition coefficient (Wildman–Crippen LogP) is 2.96. The molecule has 7 nitrogen and oxygen atoms in total. The topological polar surface area (TPSA) is 133 Å². The maximum atomic E-state index is 13.5. The van der Waals surface area contributed by atoms with Gasteiger partial charge in [-0.05, 0) is 24.0 Å². The molecule has 11 heteroatoms. The molecule has 0 amide bonds. The summed E-state index contributed by atoms with van der Waals surface area (Å²) in [4.78, 5) is 10.7. The molecule has 2 unspecified atom stereocenters. The molecule has 154 valence electrons. The number of alkyl halides is 3. The quantitative estimate of drug-likeness (QED) is 0.497. The third-order valence-corrected chi connectivity index (χ3v) is 6.14. The summed E-state index contributed by atoms with van der Waals surface area (Å²) in [6.45, 7) is 0. The van der Waals surface area contributed by atoms with E-state index in [4.69, 9.17) is 15.6 Å². The molecular formula is C17H21F3N4O3S. The smallest absolute Gasteiger partial charge is 0.395 e. The first kappa shape index (κ1) is 21.9.